The summed E-state index contributed by atoms with van der Waals surface area (Å²) < 4.78 is 27.1. The average molecular weight is 522 g/mol. The predicted molar refractivity (Wildman–Crippen MR) is 141 cm³/mol. The van der Waals surface area contributed by atoms with Crippen molar-refractivity contribution in [1.82, 2.24) is 4.98 Å². The van der Waals surface area contributed by atoms with Gasteiger partial charge in [-0.05, 0) is 52.1 Å². The van der Waals surface area contributed by atoms with Gasteiger partial charge in [0.15, 0.2) is 11.6 Å². The Morgan fingerprint density at radius 2 is 1.70 bits per heavy atom. The predicted octanol–water partition coefficient (Wildman–Crippen LogP) is 3.38. The van der Waals surface area contributed by atoms with Crippen molar-refractivity contribution >= 4 is 52.9 Å². The zero-order chi connectivity index (χ0) is 25.2. The van der Waals surface area contributed by atoms with E-state index in [2.05, 4.69) is 41.4 Å². The molecule has 1 heterocycles. The molecule has 0 fully saturated rings. The Morgan fingerprint density at radius 3 is 2.49 bits per heavy atom. The number of halogens is 2. The smallest absolute Gasteiger partial charge is 0.550 e. The van der Waals surface area contributed by atoms with Gasteiger partial charge in [0.1, 0.15) is 0 Å². The Labute approximate surface area is 240 Å². The zero-order valence-corrected chi connectivity index (χ0v) is 23.3. The Balaban J connectivity index is 0.00000320. The third-order valence-corrected chi connectivity index (χ3v) is 7.76. The first kappa shape index (κ1) is 27.3. The quantitative estimate of drug-likeness (QED) is 0.365. The summed E-state index contributed by atoms with van der Waals surface area (Å²) in [6.45, 7) is 1.67. The minimum Gasteiger partial charge on any atom is -0.550 e. The van der Waals surface area contributed by atoms with Crippen LogP contribution in [0.4, 0.5) is 8.78 Å². The number of aromatic nitrogens is 1. The Bertz CT molecular complexity index is 1540. The van der Waals surface area contributed by atoms with Gasteiger partial charge in [0.05, 0.1) is 16.5 Å². The molecule has 1 aromatic heterocycles. The van der Waals surface area contributed by atoms with Crippen LogP contribution in [0.5, 0.6) is 0 Å². The van der Waals surface area contributed by atoms with Crippen LogP contribution in [0.1, 0.15) is 45.7 Å². The maximum absolute atomic E-state index is 13.6. The molecule has 37 heavy (non-hydrogen) atoms. The summed E-state index contributed by atoms with van der Waals surface area (Å²) in [6.07, 6.45) is 7.94. The largest absolute Gasteiger partial charge is 1.00 e. The van der Waals surface area contributed by atoms with Crippen molar-refractivity contribution < 1.29 is 48.2 Å². The van der Waals surface area contributed by atoms with E-state index in [9.17, 15) is 18.7 Å². The van der Waals surface area contributed by atoms with E-state index in [1.54, 1.807) is 30.8 Å². The maximum atomic E-state index is 13.6. The fraction of sp³-hybridized carbons (Fsp3) is 0.133. The molecule has 5 rings (SSSR count). The molecule has 0 spiro atoms. The van der Waals surface area contributed by atoms with Crippen LogP contribution in [-0.2, 0) is 4.79 Å². The number of rotatable bonds is 6. The van der Waals surface area contributed by atoms with Crippen molar-refractivity contribution in [2.75, 3.05) is 5.75 Å². The molecular formula is C30H22F2NNaO2S. The molecule has 3 nitrogen and oxygen atoms in total. The molecule has 0 radical (unpaired) electrons. The van der Waals surface area contributed by atoms with E-state index in [-0.39, 0.29) is 34.8 Å². The molecule has 0 N–H and O–H groups in total. The van der Waals surface area contributed by atoms with Crippen molar-refractivity contribution in [2.45, 2.75) is 12.2 Å². The first-order chi connectivity index (χ1) is 17.4. The number of carbonyl (C=O) groups is 1. The second kappa shape index (κ2) is 11.7. The molecule has 1 unspecified atom stereocenters. The SMILES string of the molecule is C[C@H](CSC1c2ccccc2C=Cc2ccc(C=Cc3ccc4cc(F)c(F)cc4n3)cc21)C(=O)[O-].[Na+]. The number of hydrogen-bond donors (Lipinski definition) is 0. The number of hydrogen-bond acceptors (Lipinski definition) is 4. The van der Waals surface area contributed by atoms with E-state index in [1.807, 2.05) is 30.4 Å². The molecule has 0 bridgehead atoms. The van der Waals surface area contributed by atoms with Gasteiger partial charge in [-0.3, -0.25) is 0 Å². The topological polar surface area (TPSA) is 53.0 Å². The van der Waals surface area contributed by atoms with Crippen LogP contribution in [0.3, 0.4) is 0 Å². The van der Waals surface area contributed by atoms with Crippen LogP contribution in [0, 0.1) is 17.6 Å². The van der Waals surface area contributed by atoms with E-state index in [0.29, 0.717) is 22.3 Å². The van der Waals surface area contributed by atoms with Crippen LogP contribution >= 0.6 is 11.8 Å². The molecule has 0 aliphatic heterocycles. The standard InChI is InChI=1S/C30H23F2NO2S.Na/c1-18(30(34)35)17-36-29-24-5-3-2-4-20(24)9-10-21-8-6-19(14-25(21)29)7-12-23-13-11-22-15-26(31)27(32)16-28(22)33-23;/h2-16,18,29H,17H2,1H3,(H,34,35);/q;+1/p-1/t18-,29?;/m1./s1. The zero-order valence-electron chi connectivity index (χ0n) is 20.4. The third kappa shape index (κ3) is 6.04. The number of thioether (sulfide) groups is 1. The average Bonchev–Trinajstić information content (AvgIpc) is 3.03. The summed E-state index contributed by atoms with van der Waals surface area (Å²) in [4.78, 5) is 15.8. The van der Waals surface area contributed by atoms with Gasteiger partial charge in [-0.25, -0.2) is 13.8 Å². The van der Waals surface area contributed by atoms with E-state index >= 15 is 0 Å². The number of carboxylic acids is 1. The van der Waals surface area contributed by atoms with Gasteiger partial charge >= 0.3 is 29.6 Å². The van der Waals surface area contributed by atoms with Gasteiger partial charge in [-0.1, -0.05) is 67.6 Å². The summed E-state index contributed by atoms with van der Waals surface area (Å²) in [5, 5.41) is 11.8. The summed E-state index contributed by atoms with van der Waals surface area (Å²) >= 11 is 1.60. The van der Waals surface area contributed by atoms with Gasteiger partial charge in [-0.2, -0.15) is 0 Å². The van der Waals surface area contributed by atoms with Crippen molar-refractivity contribution in [3.63, 3.8) is 0 Å². The van der Waals surface area contributed by atoms with Gasteiger partial charge in [-0.15, -0.1) is 11.8 Å². The van der Waals surface area contributed by atoms with Gasteiger partial charge < -0.3 is 9.90 Å². The molecule has 0 amide bonds. The van der Waals surface area contributed by atoms with E-state index in [1.165, 1.54) is 0 Å². The Kier molecular flexibility index (Phi) is 8.65. The fourth-order valence-electron chi connectivity index (χ4n) is 4.22. The number of pyridine rings is 1. The van der Waals surface area contributed by atoms with Gasteiger partial charge in [0, 0.05) is 29.1 Å². The Morgan fingerprint density at radius 1 is 0.973 bits per heavy atom. The van der Waals surface area contributed by atoms with Gasteiger partial charge in [0.2, 0.25) is 0 Å². The van der Waals surface area contributed by atoms with Crippen molar-refractivity contribution in [3.05, 3.63) is 112 Å². The molecule has 2 atom stereocenters. The maximum Gasteiger partial charge on any atom is 1.00 e. The molecule has 3 aromatic carbocycles. The molecule has 0 saturated carbocycles. The summed E-state index contributed by atoms with van der Waals surface area (Å²) in [5.74, 6) is -3.01. The number of benzene rings is 3. The van der Waals surface area contributed by atoms with Crippen LogP contribution in [0.25, 0.3) is 35.2 Å². The van der Waals surface area contributed by atoms with Gasteiger partial charge in [0.25, 0.3) is 0 Å². The van der Waals surface area contributed by atoms with Crippen molar-refractivity contribution in [2.24, 2.45) is 5.92 Å². The van der Waals surface area contributed by atoms with Crippen LogP contribution in [-0.4, -0.2) is 16.7 Å². The molecule has 1 aliphatic rings. The third-order valence-electron chi connectivity index (χ3n) is 6.23. The first-order valence-corrected chi connectivity index (χ1v) is 12.6. The number of nitrogens with zero attached hydrogens (tertiary/aromatic N) is 1. The first-order valence-electron chi connectivity index (χ1n) is 11.6. The number of carbonyl (C=O) groups excluding carboxylic acids is 1. The molecule has 1 aliphatic carbocycles. The Hall–Kier alpha value is -2.77. The molecule has 7 heteroatoms. The molecular weight excluding hydrogens is 499 g/mol. The number of carboxylic acid groups (broad SMARTS) is 1. The number of aliphatic carboxylic acids is 1. The molecule has 180 valence electrons. The summed E-state index contributed by atoms with van der Waals surface area (Å²) in [6, 6.07) is 20.0. The second-order valence-electron chi connectivity index (χ2n) is 8.81. The molecule has 4 aromatic rings. The second-order valence-corrected chi connectivity index (χ2v) is 9.95. The van der Waals surface area contributed by atoms with Crippen LogP contribution < -0.4 is 34.7 Å². The minimum absolute atomic E-state index is 0. The normalized spacial score (nSPS) is 15.1. The molecule has 0 saturated heterocycles. The fourth-order valence-corrected chi connectivity index (χ4v) is 5.62. The van der Waals surface area contributed by atoms with Crippen molar-refractivity contribution in [3.8, 4) is 0 Å². The monoisotopic (exact) mass is 521 g/mol. The van der Waals surface area contributed by atoms with E-state index < -0.39 is 23.5 Å². The van der Waals surface area contributed by atoms with Crippen molar-refractivity contribution in [1.29, 1.82) is 0 Å². The van der Waals surface area contributed by atoms with E-state index in [0.717, 1.165) is 39.9 Å². The summed E-state index contributed by atoms with van der Waals surface area (Å²) in [7, 11) is 0. The number of fused-ring (bicyclic) bond motifs is 3. The summed E-state index contributed by atoms with van der Waals surface area (Å²) in [5.41, 5.74) is 6.37. The minimum atomic E-state index is -1.05. The van der Waals surface area contributed by atoms with Crippen LogP contribution in [0.15, 0.2) is 66.7 Å². The van der Waals surface area contributed by atoms with E-state index in [4.69, 9.17) is 0 Å². The van der Waals surface area contributed by atoms with Crippen LogP contribution in [0.2, 0.25) is 0 Å².